The number of nitrogens with zero attached hydrogens (tertiary/aromatic N) is 5. The van der Waals surface area contributed by atoms with Crippen LogP contribution in [0.2, 0.25) is 0 Å². The van der Waals surface area contributed by atoms with Gasteiger partial charge >= 0.3 is 0 Å². The maximum atomic E-state index is 10.7. The average Bonchev–Trinajstić information content (AvgIpc) is 3.70. The molecular weight excluding hydrogens is 611 g/mol. The van der Waals surface area contributed by atoms with Gasteiger partial charge in [-0.25, -0.2) is 4.85 Å². The molecule has 0 bridgehead atoms. The minimum Gasteiger partial charge on any atom is -0.319 e. The SMILES string of the molecule is [C-]#[N+]c1cccc2c3cc(C#N)ccc3n(-c3ccc(-c4cccc(-c5ccccc5-n5c6ccccc6c6ccccc65)c4C#N)cc3)c12. The number of hydrogen-bond acceptors (Lipinski definition) is 2. The number of para-hydroxylation sites is 4. The Labute approximate surface area is 288 Å². The first-order valence-corrected chi connectivity index (χ1v) is 16.3. The molecule has 0 atom stereocenters. The van der Waals surface area contributed by atoms with Crippen molar-refractivity contribution in [2.24, 2.45) is 0 Å². The molecule has 0 spiro atoms. The fourth-order valence-electron chi connectivity index (χ4n) is 7.49. The molecule has 7 aromatic carbocycles. The molecular formula is C45H25N5. The molecule has 2 heterocycles. The van der Waals surface area contributed by atoms with Crippen LogP contribution < -0.4 is 0 Å². The highest BCUT2D eigenvalue weighted by Crippen LogP contribution is 2.41. The molecule has 0 N–H and O–H groups in total. The minimum absolute atomic E-state index is 0.544. The molecule has 0 aliphatic heterocycles. The summed E-state index contributed by atoms with van der Waals surface area (Å²) in [5, 5.41) is 24.5. The second kappa shape index (κ2) is 11.4. The Morgan fingerprint density at radius 3 is 1.84 bits per heavy atom. The van der Waals surface area contributed by atoms with Crippen LogP contribution >= 0.6 is 0 Å². The maximum absolute atomic E-state index is 10.7. The van der Waals surface area contributed by atoms with E-state index in [1.807, 2.05) is 91.0 Å². The highest BCUT2D eigenvalue weighted by atomic mass is 15.0. The van der Waals surface area contributed by atoms with Gasteiger partial charge in [-0.2, -0.15) is 10.5 Å². The van der Waals surface area contributed by atoms with Crippen molar-refractivity contribution in [3.8, 4) is 45.8 Å². The van der Waals surface area contributed by atoms with Crippen LogP contribution in [-0.2, 0) is 0 Å². The van der Waals surface area contributed by atoms with Gasteiger partial charge in [-0.3, -0.25) is 0 Å². The molecule has 0 saturated carbocycles. The van der Waals surface area contributed by atoms with E-state index in [2.05, 4.69) is 86.8 Å². The molecule has 5 heteroatoms. The third-order valence-corrected chi connectivity index (χ3v) is 9.64. The second-order valence-corrected chi connectivity index (χ2v) is 12.2. The van der Waals surface area contributed by atoms with Gasteiger partial charge in [0, 0.05) is 38.5 Å². The van der Waals surface area contributed by atoms with Crippen LogP contribution in [0.5, 0.6) is 0 Å². The van der Waals surface area contributed by atoms with E-state index < -0.39 is 0 Å². The first-order valence-electron chi connectivity index (χ1n) is 16.3. The Bertz CT molecular complexity index is 2900. The van der Waals surface area contributed by atoms with Crippen molar-refractivity contribution in [1.29, 1.82) is 10.5 Å². The molecule has 5 nitrogen and oxygen atoms in total. The largest absolute Gasteiger partial charge is 0.319 e. The van der Waals surface area contributed by atoms with Crippen LogP contribution in [0.3, 0.4) is 0 Å². The Kier molecular flexibility index (Phi) is 6.56. The zero-order valence-electron chi connectivity index (χ0n) is 26.7. The fraction of sp³-hybridized carbons (Fsp3) is 0. The molecule has 0 amide bonds. The van der Waals surface area contributed by atoms with E-state index in [0.717, 1.165) is 66.5 Å². The highest BCUT2D eigenvalue weighted by molar-refractivity contribution is 6.14. The molecule has 9 rings (SSSR count). The van der Waals surface area contributed by atoms with Crippen molar-refractivity contribution < 1.29 is 0 Å². The smallest absolute Gasteiger partial charge is 0.211 e. The quantitative estimate of drug-likeness (QED) is 0.181. The van der Waals surface area contributed by atoms with E-state index in [4.69, 9.17) is 6.57 Å². The molecule has 230 valence electrons. The van der Waals surface area contributed by atoms with E-state index in [9.17, 15) is 10.5 Å². The predicted molar refractivity (Wildman–Crippen MR) is 202 cm³/mol. The number of nitriles is 2. The molecule has 0 radical (unpaired) electrons. The molecule has 0 fully saturated rings. The average molecular weight is 636 g/mol. The van der Waals surface area contributed by atoms with Crippen molar-refractivity contribution in [2.75, 3.05) is 0 Å². The summed E-state index contributed by atoms with van der Waals surface area (Å²) in [5.41, 5.74) is 11.2. The van der Waals surface area contributed by atoms with Gasteiger partial charge in [0.2, 0.25) is 5.69 Å². The van der Waals surface area contributed by atoms with Crippen LogP contribution in [0.15, 0.2) is 152 Å². The molecule has 0 aliphatic rings. The lowest BCUT2D eigenvalue weighted by atomic mass is 9.91. The van der Waals surface area contributed by atoms with Crippen molar-refractivity contribution in [3.63, 3.8) is 0 Å². The molecule has 0 unspecified atom stereocenters. The van der Waals surface area contributed by atoms with Gasteiger partial charge in [-0.15, -0.1) is 0 Å². The number of hydrogen-bond donors (Lipinski definition) is 0. The molecule has 50 heavy (non-hydrogen) atoms. The van der Waals surface area contributed by atoms with E-state index >= 15 is 0 Å². The summed E-state index contributed by atoms with van der Waals surface area (Å²) in [7, 11) is 0. The first-order chi connectivity index (χ1) is 24.7. The summed E-state index contributed by atoms with van der Waals surface area (Å²) in [6, 6.07) is 55.5. The number of rotatable bonds is 4. The number of aromatic nitrogens is 2. The van der Waals surface area contributed by atoms with Crippen LogP contribution in [0.1, 0.15) is 11.1 Å². The van der Waals surface area contributed by atoms with Crippen LogP contribution in [0, 0.1) is 29.2 Å². The summed E-state index contributed by atoms with van der Waals surface area (Å²) in [6.45, 7) is 7.89. The monoisotopic (exact) mass is 635 g/mol. The minimum atomic E-state index is 0.544. The Morgan fingerprint density at radius 1 is 0.500 bits per heavy atom. The summed E-state index contributed by atoms with van der Waals surface area (Å²) >= 11 is 0. The van der Waals surface area contributed by atoms with Gasteiger partial charge in [-0.05, 0) is 59.5 Å². The lowest BCUT2D eigenvalue weighted by Crippen LogP contribution is -1.99. The molecule has 9 aromatic rings. The topological polar surface area (TPSA) is 61.8 Å². The van der Waals surface area contributed by atoms with Gasteiger partial charge in [0.25, 0.3) is 0 Å². The van der Waals surface area contributed by atoms with Gasteiger partial charge in [0.05, 0.1) is 51.5 Å². The third-order valence-electron chi connectivity index (χ3n) is 9.64. The van der Waals surface area contributed by atoms with Crippen LogP contribution in [-0.4, -0.2) is 9.13 Å². The van der Waals surface area contributed by atoms with Gasteiger partial charge in [0.15, 0.2) is 0 Å². The van der Waals surface area contributed by atoms with E-state index in [-0.39, 0.29) is 0 Å². The lowest BCUT2D eigenvalue weighted by molar-refractivity contribution is 1.18. The van der Waals surface area contributed by atoms with Crippen molar-refractivity contribution in [3.05, 3.63) is 174 Å². The maximum Gasteiger partial charge on any atom is 0.211 e. The standard InChI is InChI=1S/C45H25N5/c1-48-40-16-9-15-37-38-26-29(27-46)20-25-44(38)49(45(37)40)31-23-21-30(22-24-31)32-13-8-14-33(39(32)28-47)34-10-2-5-17-41(34)50-42-18-6-3-11-35(42)36-12-4-7-19-43(36)50/h2-26H. The summed E-state index contributed by atoms with van der Waals surface area (Å²) < 4.78 is 4.39. The van der Waals surface area contributed by atoms with Crippen molar-refractivity contribution in [1.82, 2.24) is 9.13 Å². The normalized spacial score (nSPS) is 11.1. The van der Waals surface area contributed by atoms with E-state index in [1.54, 1.807) is 0 Å². The molecule has 0 saturated heterocycles. The summed E-state index contributed by atoms with van der Waals surface area (Å²) in [5.74, 6) is 0. The molecule has 0 aliphatic carbocycles. The Morgan fingerprint density at radius 2 is 1.12 bits per heavy atom. The highest BCUT2D eigenvalue weighted by Gasteiger charge is 2.20. The second-order valence-electron chi connectivity index (χ2n) is 12.2. The van der Waals surface area contributed by atoms with Gasteiger partial charge in [-0.1, -0.05) is 103 Å². The number of benzene rings is 7. The van der Waals surface area contributed by atoms with E-state index in [1.165, 1.54) is 10.8 Å². The zero-order valence-corrected chi connectivity index (χ0v) is 26.7. The third kappa shape index (κ3) is 4.24. The Hall–Kier alpha value is -7.39. The molecule has 2 aromatic heterocycles. The predicted octanol–water partition coefficient (Wildman–Crippen LogP) is 11.5. The van der Waals surface area contributed by atoms with E-state index in [0.29, 0.717) is 16.8 Å². The van der Waals surface area contributed by atoms with Gasteiger partial charge in [0.1, 0.15) is 6.07 Å². The lowest BCUT2D eigenvalue weighted by Gasteiger charge is -2.17. The van der Waals surface area contributed by atoms with Crippen molar-refractivity contribution >= 4 is 49.3 Å². The Balaban J connectivity index is 1.20. The van der Waals surface area contributed by atoms with Crippen LogP contribution in [0.4, 0.5) is 5.69 Å². The first kappa shape index (κ1) is 28.8. The number of fused-ring (bicyclic) bond motifs is 6. The summed E-state index contributed by atoms with van der Waals surface area (Å²) in [4.78, 5) is 3.83. The fourth-order valence-corrected chi connectivity index (χ4v) is 7.49. The zero-order chi connectivity index (χ0) is 33.8. The van der Waals surface area contributed by atoms with Gasteiger partial charge < -0.3 is 9.13 Å². The summed E-state index contributed by atoms with van der Waals surface area (Å²) in [6.07, 6.45) is 0. The van der Waals surface area contributed by atoms with Crippen LogP contribution in [0.25, 0.3) is 82.1 Å². The van der Waals surface area contributed by atoms with Crippen molar-refractivity contribution in [2.45, 2.75) is 0 Å².